The van der Waals surface area contributed by atoms with Gasteiger partial charge >= 0.3 is 0 Å². The van der Waals surface area contributed by atoms with Crippen LogP contribution in [0.3, 0.4) is 0 Å². The quantitative estimate of drug-likeness (QED) is 0.401. The summed E-state index contributed by atoms with van der Waals surface area (Å²) in [5.41, 5.74) is 0. The predicted octanol–water partition coefficient (Wildman–Crippen LogP) is 4.53. The Morgan fingerprint density at radius 1 is 0.842 bits per heavy atom. The number of thioether (sulfide) groups is 1. The standard InChI is InChI=1S/C14H30O3S2/c1-14(2)18-12-10-8-6-4-3-5-7-9-11-13-19(15,16)17/h14H,3-13H2,1-2H3,(H,15,16,17). The van der Waals surface area contributed by atoms with E-state index in [1.54, 1.807) is 0 Å². The minimum absolute atomic E-state index is 0.0828. The SMILES string of the molecule is CC(C)SCCCCCCCCCCCS(=O)(=O)O. The Bertz CT molecular complexity index is 287. The van der Waals surface area contributed by atoms with Crippen molar-refractivity contribution in [3.8, 4) is 0 Å². The van der Waals surface area contributed by atoms with Crippen molar-refractivity contribution in [3.05, 3.63) is 0 Å². The van der Waals surface area contributed by atoms with E-state index in [4.69, 9.17) is 4.55 Å². The Balaban J connectivity index is 3.07. The number of unbranched alkanes of at least 4 members (excludes halogenated alkanes) is 8. The first-order chi connectivity index (χ1) is 8.92. The van der Waals surface area contributed by atoms with E-state index in [9.17, 15) is 8.42 Å². The molecule has 3 nitrogen and oxygen atoms in total. The van der Waals surface area contributed by atoms with Gasteiger partial charge in [-0.15, -0.1) is 0 Å². The molecule has 0 aromatic rings. The zero-order valence-electron chi connectivity index (χ0n) is 12.4. The monoisotopic (exact) mass is 310 g/mol. The molecule has 5 heteroatoms. The molecule has 19 heavy (non-hydrogen) atoms. The largest absolute Gasteiger partial charge is 0.286 e. The van der Waals surface area contributed by atoms with Gasteiger partial charge in [0.15, 0.2) is 0 Å². The van der Waals surface area contributed by atoms with Gasteiger partial charge in [-0.2, -0.15) is 20.2 Å². The van der Waals surface area contributed by atoms with Crippen LogP contribution < -0.4 is 0 Å². The summed E-state index contributed by atoms with van der Waals surface area (Å²) in [6.45, 7) is 4.49. The Hall–Kier alpha value is 0.260. The minimum atomic E-state index is -3.74. The summed E-state index contributed by atoms with van der Waals surface area (Å²) >= 11 is 2.04. The third-order valence-corrected chi connectivity index (χ3v) is 4.99. The molecule has 0 aliphatic rings. The van der Waals surface area contributed by atoms with Crippen molar-refractivity contribution in [1.29, 1.82) is 0 Å². The second kappa shape index (κ2) is 12.0. The van der Waals surface area contributed by atoms with Crippen molar-refractivity contribution < 1.29 is 13.0 Å². The zero-order chi connectivity index (χ0) is 14.6. The lowest BCUT2D eigenvalue weighted by Crippen LogP contribution is -2.03. The van der Waals surface area contributed by atoms with Crippen LogP contribution >= 0.6 is 11.8 Å². The number of hydrogen-bond donors (Lipinski definition) is 1. The molecule has 0 atom stereocenters. The second-order valence-corrected chi connectivity index (χ2v) is 8.64. The van der Waals surface area contributed by atoms with E-state index in [0.717, 1.165) is 18.1 Å². The summed E-state index contributed by atoms with van der Waals surface area (Å²) in [6, 6.07) is 0. The van der Waals surface area contributed by atoms with Gasteiger partial charge in [-0.3, -0.25) is 4.55 Å². The van der Waals surface area contributed by atoms with Crippen molar-refractivity contribution >= 4 is 21.9 Å². The molecule has 0 aliphatic heterocycles. The van der Waals surface area contributed by atoms with Gasteiger partial charge < -0.3 is 0 Å². The first kappa shape index (κ1) is 19.3. The Kier molecular flexibility index (Phi) is 12.2. The van der Waals surface area contributed by atoms with Crippen molar-refractivity contribution in [2.45, 2.75) is 76.9 Å². The fraction of sp³-hybridized carbons (Fsp3) is 1.00. The van der Waals surface area contributed by atoms with Crippen LogP contribution in [0.15, 0.2) is 0 Å². The zero-order valence-corrected chi connectivity index (χ0v) is 14.1. The maximum atomic E-state index is 10.5. The molecule has 0 spiro atoms. The summed E-state index contributed by atoms with van der Waals surface area (Å²) in [4.78, 5) is 0. The van der Waals surface area contributed by atoms with Crippen LogP contribution in [0.2, 0.25) is 0 Å². The molecule has 0 heterocycles. The van der Waals surface area contributed by atoms with Crippen molar-refractivity contribution in [1.82, 2.24) is 0 Å². The molecule has 0 unspecified atom stereocenters. The third kappa shape index (κ3) is 18.3. The Labute approximate surface area is 123 Å². The van der Waals surface area contributed by atoms with Gasteiger partial charge in [-0.05, 0) is 23.8 Å². The molecule has 0 radical (unpaired) electrons. The molecular weight excluding hydrogens is 280 g/mol. The molecule has 0 amide bonds. The molecule has 0 saturated heterocycles. The molecular formula is C14H30O3S2. The lowest BCUT2D eigenvalue weighted by atomic mass is 10.1. The van der Waals surface area contributed by atoms with Crippen LogP contribution in [-0.4, -0.2) is 29.7 Å². The average Bonchev–Trinajstić information content (AvgIpc) is 2.28. The van der Waals surface area contributed by atoms with Gasteiger partial charge in [0.1, 0.15) is 0 Å². The van der Waals surface area contributed by atoms with Crippen LogP contribution in [0.1, 0.15) is 71.6 Å². The van der Waals surface area contributed by atoms with Crippen LogP contribution in [0.5, 0.6) is 0 Å². The van der Waals surface area contributed by atoms with Crippen molar-refractivity contribution in [3.63, 3.8) is 0 Å². The molecule has 0 aromatic heterocycles. The molecule has 0 bridgehead atoms. The van der Waals surface area contributed by atoms with Gasteiger partial charge in [0.05, 0.1) is 5.75 Å². The van der Waals surface area contributed by atoms with E-state index in [-0.39, 0.29) is 5.75 Å². The van der Waals surface area contributed by atoms with Crippen LogP contribution in [0.4, 0.5) is 0 Å². The van der Waals surface area contributed by atoms with Crippen LogP contribution in [-0.2, 0) is 10.1 Å². The maximum absolute atomic E-state index is 10.5. The number of rotatable bonds is 13. The highest BCUT2D eigenvalue weighted by Crippen LogP contribution is 2.14. The summed E-state index contributed by atoms with van der Waals surface area (Å²) in [5.74, 6) is 1.20. The van der Waals surface area contributed by atoms with E-state index in [2.05, 4.69) is 13.8 Å². The molecule has 0 saturated carbocycles. The van der Waals surface area contributed by atoms with Crippen molar-refractivity contribution in [2.75, 3.05) is 11.5 Å². The fourth-order valence-corrected chi connectivity index (χ4v) is 3.35. The molecule has 0 rings (SSSR count). The topological polar surface area (TPSA) is 54.4 Å². The van der Waals surface area contributed by atoms with Crippen LogP contribution in [0.25, 0.3) is 0 Å². The van der Waals surface area contributed by atoms with Crippen LogP contribution in [0, 0.1) is 0 Å². The second-order valence-electron chi connectivity index (χ2n) is 5.39. The first-order valence-electron chi connectivity index (χ1n) is 7.48. The normalized spacial score (nSPS) is 12.2. The average molecular weight is 311 g/mol. The summed E-state index contributed by atoms with van der Waals surface area (Å²) in [7, 11) is -3.74. The van der Waals surface area contributed by atoms with E-state index >= 15 is 0 Å². The summed E-state index contributed by atoms with van der Waals surface area (Å²) < 4.78 is 29.5. The van der Waals surface area contributed by atoms with Gasteiger partial charge in [-0.25, -0.2) is 0 Å². The smallest absolute Gasteiger partial charge is 0.264 e. The highest BCUT2D eigenvalue weighted by molar-refractivity contribution is 7.99. The third-order valence-electron chi connectivity index (χ3n) is 3.00. The predicted molar refractivity (Wildman–Crippen MR) is 85.6 cm³/mol. The molecule has 0 aliphatic carbocycles. The van der Waals surface area contributed by atoms with Crippen molar-refractivity contribution in [2.24, 2.45) is 0 Å². The van der Waals surface area contributed by atoms with E-state index in [1.807, 2.05) is 11.8 Å². The Morgan fingerprint density at radius 3 is 1.68 bits per heavy atom. The summed E-state index contributed by atoms with van der Waals surface area (Å²) in [6.07, 6.45) is 10.3. The summed E-state index contributed by atoms with van der Waals surface area (Å²) in [5, 5.41) is 0.753. The van der Waals surface area contributed by atoms with E-state index in [1.165, 1.54) is 44.3 Å². The molecule has 1 N–H and O–H groups in total. The molecule has 116 valence electrons. The minimum Gasteiger partial charge on any atom is -0.286 e. The van der Waals surface area contributed by atoms with E-state index < -0.39 is 10.1 Å². The van der Waals surface area contributed by atoms with E-state index in [0.29, 0.717) is 6.42 Å². The van der Waals surface area contributed by atoms with Gasteiger partial charge in [0, 0.05) is 0 Å². The van der Waals surface area contributed by atoms with Gasteiger partial charge in [-0.1, -0.05) is 58.8 Å². The fourth-order valence-electron chi connectivity index (χ4n) is 1.94. The maximum Gasteiger partial charge on any atom is 0.264 e. The molecule has 0 fully saturated rings. The molecule has 0 aromatic carbocycles. The number of hydrogen-bond acceptors (Lipinski definition) is 3. The Morgan fingerprint density at radius 2 is 1.26 bits per heavy atom. The lowest BCUT2D eigenvalue weighted by molar-refractivity contribution is 0.478. The highest BCUT2D eigenvalue weighted by Gasteiger charge is 2.02. The van der Waals surface area contributed by atoms with Gasteiger partial charge in [0.25, 0.3) is 10.1 Å². The highest BCUT2D eigenvalue weighted by atomic mass is 32.2. The van der Waals surface area contributed by atoms with Gasteiger partial charge in [0.2, 0.25) is 0 Å². The first-order valence-corrected chi connectivity index (χ1v) is 10.1. The lowest BCUT2D eigenvalue weighted by Gasteiger charge is -2.04.